The minimum atomic E-state index is -0.960. The van der Waals surface area contributed by atoms with Gasteiger partial charge in [-0.15, -0.1) is 0 Å². The molecule has 7 heteroatoms. The molecule has 0 aliphatic rings. The number of urea groups is 1. The van der Waals surface area contributed by atoms with E-state index < -0.39 is 12.1 Å². The number of carbonyl (C=O) groups is 2. The predicted octanol–water partition coefficient (Wildman–Crippen LogP) is 0.592. The maximum atomic E-state index is 11.4. The van der Waals surface area contributed by atoms with E-state index in [1.54, 1.807) is 0 Å². The highest BCUT2D eigenvalue weighted by Crippen LogP contribution is 1.95. The summed E-state index contributed by atoms with van der Waals surface area (Å²) < 4.78 is 10.2. The van der Waals surface area contributed by atoms with Crippen molar-refractivity contribution in [3.8, 4) is 0 Å². The Morgan fingerprint density at radius 1 is 1.26 bits per heavy atom. The average Bonchev–Trinajstić information content (AvgIpc) is 2.38. The number of rotatable bonds is 11. The van der Waals surface area contributed by atoms with E-state index in [0.717, 1.165) is 12.8 Å². The summed E-state index contributed by atoms with van der Waals surface area (Å²) in [4.78, 5) is 21.8. The van der Waals surface area contributed by atoms with Crippen LogP contribution in [0.1, 0.15) is 26.2 Å². The molecule has 0 radical (unpaired) electrons. The Morgan fingerprint density at radius 2 is 2.00 bits per heavy atom. The van der Waals surface area contributed by atoms with Crippen LogP contribution < -0.4 is 10.6 Å². The molecule has 0 saturated carbocycles. The van der Waals surface area contributed by atoms with Crippen LogP contribution in [-0.4, -0.2) is 56.6 Å². The van der Waals surface area contributed by atoms with Crippen LogP contribution in [0.15, 0.2) is 0 Å². The average molecular weight is 276 g/mol. The Labute approximate surface area is 113 Å². The van der Waals surface area contributed by atoms with Crippen molar-refractivity contribution < 1.29 is 24.2 Å². The third-order valence-corrected chi connectivity index (χ3v) is 2.40. The molecule has 1 unspecified atom stereocenters. The lowest BCUT2D eigenvalue weighted by molar-refractivity contribution is -0.139. The second kappa shape index (κ2) is 11.7. The fourth-order valence-corrected chi connectivity index (χ4v) is 1.29. The van der Waals surface area contributed by atoms with Crippen molar-refractivity contribution in [1.82, 2.24) is 10.6 Å². The number of ether oxygens (including phenoxy) is 2. The smallest absolute Gasteiger partial charge is 0.314 e. The first-order valence-corrected chi connectivity index (χ1v) is 6.44. The number of aliphatic carboxylic acids is 1. The third kappa shape index (κ3) is 11.5. The van der Waals surface area contributed by atoms with Gasteiger partial charge in [-0.3, -0.25) is 4.79 Å². The van der Waals surface area contributed by atoms with Gasteiger partial charge in [-0.05, 0) is 6.42 Å². The highest BCUT2D eigenvalue weighted by atomic mass is 16.5. The van der Waals surface area contributed by atoms with Crippen molar-refractivity contribution in [3.63, 3.8) is 0 Å². The van der Waals surface area contributed by atoms with Gasteiger partial charge in [-0.2, -0.15) is 0 Å². The fraction of sp³-hybridized carbons (Fsp3) is 0.833. The maximum absolute atomic E-state index is 11.4. The minimum Gasteiger partial charge on any atom is -0.481 e. The van der Waals surface area contributed by atoms with Crippen LogP contribution in [-0.2, 0) is 14.3 Å². The molecule has 0 aromatic rings. The van der Waals surface area contributed by atoms with E-state index in [0.29, 0.717) is 19.8 Å². The van der Waals surface area contributed by atoms with E-state index in [1.807, 2.05) is 0 Å². The van der Waals surface area contributed by atoms with Gasteiger partial charge in [-0.25, -0.2) is 4.79 Å². The SMILES string of the molecule is CCCCOCCNC(=O)NCC(CC(=O)O)OC. The Balaban J connectivity index is 3.54. The van der Waals surface area contributed by atoms with Gasteiger partial charge in [0.1, 0.15) is 0 Å². The molecule has 7 nitrogen and oxygen atoms in total. The molecule has 0 fully saturated rings. The lowest BCUT2D eigenvalue weighted by atomic mass is 10.2. The number of amides is 2. The van der Waals surface area contributed by atoms with Crippen molar-refractivity contribution in [1.29, 1.82) is 0 Å². The second-order valence-corrected chi connectivity index (χ2v) is 4.06. The molecular weight excluding hydrogens is 252 g/mol. The normalized spacial score (nSPS) is 11.9. The van der Waals surface area contributed by atoms with E-state index in [-0.39, 0.29) is 19.0 Å². The largest absolute Gasteiger partial charge is 0.481 e. The van der Waals surface area contributed by atoms with E-state index in [9.17, 15) is 9.59 Å². The second-order valence-electron chi connectivity index (χ2n) is 4.06. The highest BCUT2D eigenvalue weighted by Gasteiger charge is 2.13. The van der Waals surface area contributed by atoms with E-state index in [4.69, 9.17) is 14.6 Å². The van der Waals surface area contributed by atoms with Crippen molar-refractivity contribution in [3.05, 3.63) is 0 Å². The number of carboxylic acids is 1. The van der Waals surface area contributed by atoms with E-state index >= 15 is 0 Å². The number of hydrogen-bond donors (Lipinski definition) is 3. The Hall–Kier alpha value is -1.34. The number of carboxylic acid groups (broad SMARTS) is 1. The number of methoxy groups -OCH3 is 1. The summed E-state index contributed by atoms with van der Waals surface area (Å²) in [7, 11) is 1.41. The van der Waals surface area contributed by atoms with E-state index in [1.165, 1.54) is 7.11 Å². The molecule has 19 heavy (non-hydrogen) atoms. The van der Waals surface area contributed by atoms with E-state index in [2.05, 4.69) is 17.6 Å². The quantitative estimate of drug-likeness (QED) is 0.480. The molecule has 0 bridgehead atoms. The van der Waals surface area contributed by atoms with Crippen LogP contribution in [0.25, 0.3) is 0 Å². The first-order chi connectivity index (χ1) is 9.10. The van der Waals surface area contributed by atoms with Crippen LogP contribution in [0.2, 0.25) is 0 Å². The topological polar surface area (TPSA) is 96.9 Å². The number of unbranched alkanes of at least 4 members (excludes halogenated alkanes) is 1. The van der Waals surface area contributed by atoms with Gasteiger partial charge in [0.05, 0.1) is 19.1 Å². The first kappa shape index (κ1) is 17.7. The molecule has 0 aliphatic heterocycles. The monoisotopic (exact) mass is 276 g/mol. The van der Waals surface area contributed by atoms with Crippen molar-refractivity contribution in [2.75, 3.05) is 33.4 Å². The minimum absolute atomic E-state index is 0.142. The fourth-order valence-electron chi connectivity index (χ4n) is 1.29. The van der Waals surface area contributed by atoms with Crippen LogP contribution in [0.5, 0.6) is 0 Å². The molecule has 0 rings (SSSR count). The summed E-state index contributed by atoms with van der Waals surface area (Å²) in [6.07, 6.45) is 1.42. The van der Waals surface area contributed by atoms with Gasteiger partial charge >= 0.3 is 12.0 Å². The molecule has 0 heterocycles. The van der Waals surface area contributed by atoms with Crippen molar-refractivity contribution in [2.45, 2.75) is 32.3 Å². The zero-order valence-electron chi connectivity index (χ0n) is 11.6. The summed E-state index contributed by atoms with van der Waals surface area (Å²) in [5.41, 5.74) is 0. The molecule has 3 N–H and O–H groups in total. The molecule has 112 valence electrons. The maximum Gasteiger partial charge on any atom is 0.314 e. The van der Waals surface area contributed by atoms with Crippen LogP contribution in [0.3, 0.4) is 0 Å². The molecule has 0 aromatic heterocycles. The predicted molar refractivity (Wildman–Crippen MR) is 70.2 cm³/mol. The summed E-state index contributed by atoms with van der Waals surface area (Å²) in [6, 6.07) is -0.355. The van der Waals surface area contributed by atoms with Crippen LogP contribution in [0.4, 0.5) is 4.79 Å². The molecule has 2 amide bonds. The van der Waals surface area contributed by atoms with Gasteiger partial charge in [0.2, 0.25) is 0 Å². The van der Waals surface area contributed by atoms with Gasteiger partial charge in [-0.1, -0.05) is 13.3 Å². The molecule has 0 spiro atoms. The summed E-state index contributed by atoms with van der Waals surface area (Å²) >= 11 is 0. The van der Waals surface area contributed by atoms with Gasteiger partial charge < -0.3 is 25.2 Å². The Morgan fingerprint density at radius 3 is 2.58 bits per heavy atom. The Bertz CT molecular complexity index is 261. The van der Waals surface area contributed by atoms with Crippen molar-refractivity contribution in [2.24, 2.45) is 0 Å². The summed E-state index contributed by atoms with van der Waals surface area (Å²) in [5, 5.41) is 13.8. The molecule has 0 aliphatic carbocycles. The molecule has 0 aromatic carbocycles. The zero-order chi connectivity index (χ0) is 14.5. The lowest BCUT2D eigenvalue weighted by Crippen LogP contribution is -2.41. The summed E-state index contributed by atoms with van der Waals surface area (Å²) in [5.74, 6) is -0.960. The zero-order valence-corrected chi connectivity index (χ0v) is 11.6. The standard InChI is InChI=1S/C12H24N2O5/c1-3-4-6-19-7-5-13-12(17)14-9-10(18-2)8-11(15)16/h10H,3-9H2,1-2H3,(H,15,16)(H2,13,14,17). The molecule has 1 atom stereocenters. The first-order valence-electron chi connectivity index (χ1n) is 6.44. The Kier molecular flexibility index (Phi) is 10.9. The highest BCUT2D eigenvalue weighted by molar-refractivity contribution is 5.74. The number of nitrogens with one attached hydrogen (secondary N) is 2. The van der Waals surface area contributed by atoms with Crippen LogP contribution >= 0.6 is 0 Å². The lowest BCUT2D eigenvalue weighted by Gasteiger charge is -2.14. The number of hydrogen-bond acceptors (Lipinski definition) is 4. The molecule has 0 saturated heterocycles. The van der Waals surface area contributed by atoms with Crippen molar-refractivity contribution >= 4 is 12.0 Å². The van der Waals surface area contributed by atoms with Gasteiger partial charge in [0.15, 0.2) is 0 Å². The third-order valence-electron chi connectivity index (χ3n) is 2.40. The van der Waals surface area contributed by atoms with Gasteiger partial charge in [0, 0.05) is 26.8 Å². The van der Waals surface area contributed by atoms with Crippen LogP contribution in [0, 0.1) is 0 Å². The summed E-state index contributed by atoms with van der Waals surface area (Å²) in [6.45, 7) is 3.83. The van der Waals surface area contributed by atoms with Gasteiger partial charge in [0.25, 0.3) is 0 Å². The molecular formula is C12H24N2O5. The number of carbonyl (C=O) groups excluding carboxylic acids is 1.